The molecule has 0 saturated carbocycles. The number of para-hydroxylation sites is 2. The van der Waals surface area contributed by atoms with Gasteiger partial charge in [0.15, 0.2) is 17.5 Å². The van der Waals surface area contributed by atoms with Crippen molar-refractivity contribution in [3.8, 4) is 79.4 Å². The summed E-state index contributed by atoms with van der Waals surface area (Å²) in [6.07, 6.45) is 0. The van der Waals surface area contributed by atoms with Gasteiger partial charge in [-0.3, -0.25) is 4.57 Å². The van der Waals surface area contributed by atoms with Gasteiger partial charge in [-0.25, -0.2) is 15.0 Å². The minimum absolute atomic E-state index is 0.542. The van der Waals surface area contributed by atoms with Gasteiger partial charge in [0.2, 0.25) is 5.95 Å². The summed E-state index contributed by atoms with van der Waals surface area (Å²) < 4.78 is 4.63. The van der Waals surface area contributed by atoms with Crippen molar-refractivity contribution in [3.63, 3.8) is 0 Å². The standard InChI is InChI=1S/C61H39N7/c1-5-19-40(20-6-1)44-27-17-29-46(37-44)60-62-52(41-21-7-2-8-22-41)39-53(63-60)45-28-18-30-47(38-45)67-54-33-15-13-31-48(54)50-35-36-51-49-32-14-16-34-55(49)68(57(51)56(50)67)61-65-58(42-23-9-3-10-24-42)64-59(66-61)43-25-11-4-12-26-43/h1-39H. The molecule has 13 aromatic rings. The lowest BCUT2D eigenvalue weighted by Crippen LogP contribution is -2.07. The van der Waals surface area contributed by atoms with E-state index in [2.05, 4.69) is 173 Å². The van der Waals surface area contributed by atoms with E-state index in [1.165, 1.54) is 0 Å². The van der Waals surface area contributed by atoms with Gasteiger partial charge in [0.25, 0.3) is 0 Å². The van der Waals surface area contributed by atoms with Crippen molar-refractivity contribution in [3.05, 3.63) is 237 Å². The second kappa shape index (κ2) is 16.3. The van der Waals surface area contributed by atoms with Gasteiger partial charge < -0.3 is 4.57 Å². The third-order valence-corrected chi connectivity index (χ3v) is 12.8. The van der Waals surface area contributed by atoms with Crippen LogP contribution in [-0.2, 0) is 0 Å². The van der Waals surface area contributed by atoms with E-state index >= 15 is 0 Å². The molecule has 0 unspecified atom stereocenters. The Bertz CT molecular complexity index is 3950. The van der Waals surface area contributed by atoms with Crippen LogP contribution >= 0.6 is 0 Å². The maximum atomic E-state index is 5.33. The molecule has 9 aromatic carbocycles. The van der Waals surface area contributed by atoms with Gasteiger partial charge in [-0.05, 0) is 47.5 Å². The van der Waals surface area contributed by atoms with Crippen molar-refractivity contribution >= 4 is 43.6 Å². The summed E-state index contributed by atoms with van der Waals surface area (Å²) in [5, 5.41) is 4.47. The van der Waals surface area contributed by atoms with Crippen LogP contribution in [0.2, 0.25) is 0 Å². The summed E-state index contributed by atoms with van der Waals surface area (Å²) in [6, 6.07) is 82.1. The van der Waals surface area contributed by atoms with Crippen LogP contribution in [0.5, 0.6) is 0 Å². The first-order valence-corrected chi connectivity index (χ1v) is 22.8. The first kappa shape index (κ1) is 39.1. The minimum Gasteiger partial charge on any atom is -0.307 e. The summed E-state index contributed by atoms with van der Waals surface area (Å²) in [5.74, 6) is 2.41. The van der Waals surface area contributed by atoms with E-state index < -0.39 is 0 Å². The topological polar surface area (TPSA) is 74.3 Å². The van der Waals surface area contributed by atoms with Crippen molar-refractivity contribution < 1.29 is 0 Å². The van der Waals surface area contributed by atoms with Gasteiger partial charge in [0, 0.05) is 55.0 Å². The van der Waals surface area contributed by atoms with Crippen molar-refractivity contribution in [2.75, 3.05) is 0 Å². The average Bonchev–Trinajstić information content (AvgIpc) is 3.95. The van der Waals surface area contributed by atoms with E-state index in [1.54, 1.807) is 0 Å². The molecule has 13 rings (SSSR count). The first-order valence-electron chi connectivity index (χ1n) is 22.8. The number of aromatic nitrogens is 7. The van der Waals surface area contributed by atoms with E-state index in [1.807, 2.05) is 72.8 Å². The normalized spacial score (nSPS) is 11.5. The van der Waals surface area contributed by atoms with Crippen molar-refractivity contribution in [2.45, 2.75) is 0 Å². The highest BCUT2D eigenvalue weighted by Crippen LogP contribution is 2.42. The van der Waals surface area contributed by atoms with E-state index in [0.717, 1.165) is 99.6 Å². The van der Waals surface area contributed by atoms with E-state index in [9.17, 15) is 0 Å². The Hall–Kier alpha value is -9.33. The fourth-order valence-electron chi connectivity index (χ4n) is 9.63. The SMILES string of the molecule is c1ccc(-c2cccc(-c3nc(-c4ccccc4)cc(-c4cccc(-n5c6ccccc6c6ccc7c8ccccc8n(-c8nc(-c9ccccc9)nc(-c9ccccc9)n8)c7c65)c4)n3)c2)cc1. The van der Waals surface area contributed by atoms with Gasteiger partial charge in [-0.2, -0.15) is 9.97 Å². The lowest BCUT2D eigenvalue weighted by atomic mass is 10.0. The highest BCUT2D eigenvalue weighted by molar-refractivity contribution is 6.23. The van der Waals surface area contributed by atoms with Crippen LogP contribution in [0.25, 0.3) is 123 Å². The Morgan fingerprint density at radius 3 is 1.31 bits per heavy atom. The molecule has 0 radical (unpaired) electrons. The number of rotatable bonds is 8. The van der Waals surface area contributed by atoms with E-state index in [0.29, 0.717) is 23.4 Å². The minimum atomic E-state index is 0.542. The van der Waals surface area contributed by atoms with Gasteiger partial charge in [-0.1, -0.05) is 200 Å². The highest BCUT2D eigenvalue weighted by Gasteiger charge is 2.24. The molecule has 7 heteroatoms. The lowest BCUT2D eigenvalue weighted by Gasteiger charge is -2.14. The van der Waals surface area contributed by atoms with Crippen molar-refractivity contribution in [2.24, 2.45) is 0 Å². The van der Waals surface area contributed by atoms with E-state index in [4.69, 9.17) is 24.9 Å². The second-order valence-corrected chi connectivity index (χ2v) is 16.9. The average molecular weight is 870 g/mol. The van der Waals surface area contributed by atoms with Gasteiger partial charge in [0.1, 0.15) is 0 Å². The Morgan fingerprint density at radius 1 is 0.250 bits per heavy atom. The second-order valence-electron chi connectivity index (χ2n) is 16.9. The third kappa shape index (κ3) is 6.72. The molecule has 318 valence electrons. The van der Waals surface area contributed by atoms with Gasteiger partial charge in [0.05, 0.1) is 33.5 Å². The molecule has 4 heterocycles. The number of benzene rings is 9. The molecule has 0 bridgehead atoms. The van der Waals surface area contributed by atoms with E-state index in [-0.39, 0.29) is 0 Å². The van der Waals surface area contributed by atoms with Crippen LogP contribution in [0.15, 0.2) is 237 Å². The predicted molar refractivity (Wildman–Crippen MR) is 277 cm³/mol. The number of fused-ring (bicyclic) bond motifs is 7. The van der Waals surface area contributed by atoms with Crippen LogP contribution < -0.4 is 0 Å². The molecule has 0 atom stereocenters. The predicted octanol–water partition coefficient (Wildman–Crippen LogP) is 14.9. The molecule has 68 heavy (non-hydrogen) atoms. The molecule has 0 saturated heterocycles. The molecule has 4 aromatic heterocycles. The lowest BCUT2D eigenvalue weighted by molar-refractivity contribution is 0.953. The molecule has 0 N–H and O–H groups in total. The van der Waals surface area contributed by atoms with Crippen LogP contribution in [0.4, 0.5) is 0 Å². The summed E-state index contributed by atoms with van der Waals surface area (Å²) in [6.45, 7) is 0. The molecular formula is C61H39N7. The van der Waals surface area contributed by atoms with Crippen molar-refractivity contribution in [1.82, 2.24) is 34.1 Å². The Morgan fingerprint density at radius 2 is 0.691 bits per heavy atom. The maximum Gasteiger partial charge on any atom is 0.238 e. The zero-order valence-corrected chi connectivity index (χ0v) is 36.6. The van der Waals surface area contributed by atoms with Crippen LogP contribution in [-0.4, -0.2) is 34.1 Å². The molecule has 0 spiro atoms. The molecule has 0 fully saturated rings. The van der Waals surface area contributed by atoms with Crippen LogP contribution in [0.1, 0.15) is 0 Å². The first-order chi connectivity index (χ1) is 33.7. The Labute approximate surface area is 392 Å². The molecule has 7 nitrogen and oxygen atoms in total. The fourth-order valence-corrected chi connectivity index (χ4v) is 9.63. The maximum absolute atomic E-state index is 5.33. The Balaban J connectivity index is 1.06. The van der Waals surface area contributed by atoms with Crippen LogP contribution in [0, 0.1) is 0 Å². The number of nitrogens with zero attached hydrogens (tertiary/aromatic N) is 7. The monoisotopic (exact) mass is 869 g/mol. The summed E-state index contributed by atoms with van der Waals surface area (Å²) in [5.41, 5.74) is 13.8. The van der Waals surface area contributed by atoms with Crippen molar-refractivity contribution in [1.29, 1.82) is 0 Å². The molecule has 0 amide bonds. The van der Waals surface area contributed by atoms with Crippen LogP contribution in [0.3, 0.4) is 0 Å². The summed E-state index contributed by atoms with van der Waals surface area (Å²) in [7, 11) is 0. The third-order valence-electron chi connectivity index (χ3n) is 12.8. The largest absolute Gasteiger partial charge is 0.307 e. The number of hydrogen-bond donors (Lipinski definition) is 0. The fraction of sp³-hybridized carbons (Fsp3) is 0. The Kier molecular flexibility index (Phi) is 9.35. The molecule has 0 aliphatic heterocycles. The van der Waals surface area contributed by atoms with Gasteiger partial charge >= 0.3 is 0 Å². The zero-order chi connectivity index (χ0) is 45.0. The quantitative estimate of drug-likeness (QED) is 0.152. The van der Waals surface area contributed by atoms with Gasteiger partial charge in [-0.15, -0.1) is 0 Å². The zero-order valence-electron chi connectivity index (χ0n) is 36.6. The molecular weight excluding hydrogens is 831 g/mol. The number of hydrogen-bond acceptors (Lipinski definition) is 5. The smallest absolute Gasteiger partial charge is 0.238 e. The highest BCUT2D eigenvalue weighted by atomic mass is 15.2. The molecule has 0 aliphatic rings. The summed E-state index contributed by atoms with van der Waals surface area (Å²) >= 11 is 0. The molecule has 0 aliphatic carbocycles. The summed E-state index contributed by atoms with van der Waals surface area (Å²) in [4.78, 5) is 26.2.